The lowest BCUT2D eigenvalue weighted by atomic mass is 10.1. The van der Waals surface area contributed by atoms with Crippen molar-refractivity contribution in [2.45, 2.75) is 53.0 Å². The number of carbonyl (C=O) groups excluding carboxylic acids is 2. The van der Waals surface area contributed by atoms with Gasteiger partial charge in [-0.05, 0) is 55.4 Å². The fourth-order valence-electron chi connectivity index (χ4n) is 3.98. The van der Waals surface area contributed by atoms with Crippen molar-refractivity contribution in [1.82, 2.24) is 9.80 Å². The Balaban J connectivity index is 1.68. The van der Waals surface area contributed by atoms with E-state index in [1.54, 1.807) is 4.90 Å². The second-order valence-electron chi connectivity index (χ2n) is 9.55. The van der Waals surface area contributed by atoms with Gasteiger partial charge in [-0.15, -0.1) is 0 Å². The van der Waals surface area contributed by atoms with Gasteiger partial charge in [-0.3, -0.25) is 9.59 Å². The molecule has 5 heteroatoms. The third kappa shape index (κ3) is 9.08. The molecule has 0 saturated carbocycles. The van der Waals surface area contributed by atoms with E-state index in [0.29, 0.717) is 38.4 Å². The van der Waals surface area contributed by atoms with Gasteiger partial charge in [-0.1, -0.05) is 74.5 Å². The van der Waals surface area contributed by atoms with Gasteiger partial charge in [0.1, 0.15) is 11.5 Å². The molecular weight excluding hydrogens is 436 g/mol. The number of nitrogens with zero attached hydrogens (tertiary/aromatic N) is 2. The molecular formula is C30H38N2O3. The fraction of sp³-hybridized carbons (Fsp3) is 0.400. The number of furan rings is 1. The van der Waals surface area contributed by atoms with Gasteiger partial charge in [-0.2, -0.15) is 0 Å². The Labute approximate surface area is 209 Å². The Kier molecular flexibility index (Phi) is 10.1. The summed E-state index contributed by atoms with van der Waals surface area (Å²) in [4.78, 5) is 30.2. The van der Waals surface area contributed by atoms with Gasteiger partial charge in [0, 0.05) is 19.5 Å². The van der Waals surface area contributed by atoms with Gasteiger partial charge in [0.05, 0.1) is 13.1 Å². The standard InChI is InChI=1S/C30H38N2O3/c1-24(2)18-20-32(29(33)17-15-26-10-6-4-7-11-26)23-30(34)31(22-28-16-14-25(3)35-28)21-19-27-12-8-5-9-13-27/h4-14,16,24H,15,17-23H2,1-3H3. The van der Waals surface area contributed by atoms with E-state index >= 15 is 0 Å². The van der Waals surface area contributed by atoms with Crippen LogP contribution in [0.5, 0.6) is 0 Å². The summed E-state index contributed by atoms with van der Waals surface area (Å²) in [6.45, 7) is 7.82. The first-order valence-corrected chi connectivity index (χ1v) is 12.6. The second kappa shape index (κ2) is 13.5. The summed E-state index contributed by atoms with van der Waals surface area (Å²) in [5.41, 5.74) is 2.31. The van der Waals surface area contributed by atoms with Gasteiger partial charge in [0.2, 0.25) is 11.8 Å². The van der Waals surface area contributed by atoms with E-state index in [4.69, 9.17) is 4.42 Å². The molecule has 2 aromatic carbocycles. The highest BCUT2D eigenvalue weighted by Gasteiger charge is 2.22. The smallest absolute Gasteiger partial charge is 0.242 e. The summed E-state index contributed by atoms with van der Waals surface area (Å²) in [6.07, 6.45) is 2.69. The van der Waals surface area contributed by atoms with Gasteiger partial charge in [-0.25, -0.2) is 0 Å². The van der Waals surface area contributed by atoms with Crippen LogP contribution in [-0.2, 0) is 29.0 Å². The van der Waals surface area contributed by atoms with Gasteiger partial charge in [0.15, 0.2) is 0 Å². The average molecular weight is 475 g/mol. The lowest BCUT2D eigenvalue weighted by molar-refractivity contribution is -0.141. The molecule has 0 aliphatic carbocycles. The molecule has 0 radical (unpaired) electrons. The molecule has 0 atom stereocenters. The minimum Gasteiger partial charge on any atom is -0.464 e. The van der Waals surface area contributed by atoms with E-state index in [1.165, 1.54) is 5.56 Å². The molecule has 0 aliphatic rings. The lowest BCUT2D eigenvalue weighted by Crippen LogP contribution is -2.44. The van der Waals surface area contributed by atoms with Crippen molar-refractivity contribution in [2.75, 3.05) is 19.6 Å². The monoisotopic (exact) mass is 474 g/mol. The number of hydrogen-bond acceptors (Lipinski definition) is 3. The van der Waals surface area contributed by atoms with Gasteiger partial charge < -0.3 is 14.2 Å². The molecule has 3 aromatic rings. The third-order valence-corrected chi connectivity index (χ3v) is 6.13. The van der Waals surface area contributed by atoms with Crippen LogP contribution in [0.2, 0.25) is 0 Å². The normalized spacial score (nSPS) is 11.0. The van der Waals surface area contributed by atoms with E-state index in [0.717, 1.165) is 29.9 Å². The van der Waals surface area contributed by atoms with Gasteiger partial charge in [0.25, 0.3) is 0 Å². The van der Waals surface area contributed by atoms with Crippen molar-refractivity contribution in [2.24, 2.45) is 5.92 Å². The predicted molar refractivity (Wildman–Crippen MR) is 140 cm³/mol. The predicted octanol–water partition coefficient (Wildman–Crippen LogP) is 5.67. The van der Waals surface area contributed by atoms with Crippen LogP contribution in [0.4, 0.5) is 0 Å². The molecule has 5 nitrogen and oxygen atoms in total. The topological polar surface area (TPSA) is 53.8 Å². The number of carbonyl (C=O) groups is 2. The summed E-state index contributed by atoms with van der Waals surface area (Å²) in [6, 6.07) is 24.0. The lowest BCUT2D eigenvalue weighted by Gasteiger charge is -2.28. The maximum atomic E-state index is 13.5. The van der Waals surface area contributed by atoms with Crippen molar-refractivity contribution >= 4 is 11.8 Å². The van der Waals surface area contributed by atoms with Crippen LogP contribution in [0.15, 0.2) is 77.2 Å². The molecule has 35 heavy (non-hydrogen) atoms. The molecule has 0 N–H and O–H groups in total. The summed E-state index contributed by atoms with van der Waals surface area (Å²) < 4.78 is 5.76. The van der Waals surface area contributed by atoms with Crippen molar-refractivity contribution in [3.8, 4) is 0 Å². The number of amides is 2. The molecule has 0 bridgehead atoms. The second-order valence-corrected chi connectivity index (χ2v) is 9.55. The number of aryl methyl sites for hydroxylation is 2. The molecule has 0 spiro atoms. The molecule has 3 rings (SSSR count). The van der Waals surface area contributed by atoms with Crippen molar-refractivity contribution in [1.29, 1.82) is 0 Å². The maximum Gasteiger partial charge on any atom is 0.242 e. The molecule has 2 amide bonds. The molecule has 186 valence electrons. The van der Waals surface area contributed by atoms with Crippen LogP contribution >= 0.6 is 0 Å². The summed E-state index contributed by atoms with van der Waals surface area (Å²) in [5.74, 6) is 2.01. The maximum absolute atomic E-state index is 13.5. The molecule has 0 fully saturated rings. The molecule has 0 unspecified atom stereocenters. The Morgan fingerprint density at radius 3 is 1.97 bits per heavy atom. The van der Waals surface area contributed by atoms with E-state index in [9.17, 15) is 9.59 Å². The Hall–Kier alpha value is -3.34. The molecule has 1 heterocycles. The van der Waals surface area contributed by atoms with E-state index in [-0.39, 0.29) is 18.4 Å². The molecule has 0 saturated heterocycles. The van der Waals surface area contributed by atoms with Crippen LogP contribution in [0.25, 0.3) is 0 Å². The Morgan fingerprint density at radius 2 is 1.40 bits per heavy atom. The highest BCUT2D eigenvalue weighted by Crippen LogP contribution is 2.13. The molecule has 0 aliphatic heterocycles. The quantitative estimate of drug-likeness (QED) is 0.321. The van der Waals surface area contributed by atoms with E-state index in [2.05, 4.69) is 26.0 Å². The van der Waals surface area contributed by atoms with Gasteiger partial charge >= 0.3 is 0 Å². The van der Waals surface area contributed by atoms with Crippen LogP contribution in [0, 0.1) is 12.8 Å². The summed E-state index contributed by atoms with van der Waals surface area (Å²) in [5, 5.41) is 0. The zero-order chi connectivity index (χ0) is 25.0. The summed E-state index contributed by atoms with van der Waals surface area (Å²) in [7, 11) is 0. The van der Waals surface area contributed by atoms with Crippen molar-refractivity contribution in [3.63, 3.8) is 0 Å². The zero-order valence-corrected chi connectivity index (χ0v) is 21.3. The SMILES string of the molecule is Cc1ccc(CN(CCc2ccccc2)C(=O)CN(CCC(C)C)C(=O)CCc2ccccc2)o1. The summed E-state index contributed by atoms with van der Waals surface area (Å²) >= 11 is 0. The van der Waals surface area contributed by atoms with Crippen LogP contribution in [0.3, 0.4) is 0 Å². The van der Waals surface area contributed by atoms with Crippen LogP contribution in [-0.4, -0.2) is 41.2 Å². The Morgan fingerprint density at radius 1 is 0.771 bits per heavy atom. The first-order valence-electron chi connectivity index (χ1n) is 12.6. The van der Waals surface area contributed by atoms with Crippen molar-refractivity contribution in [3.05, 3.63) is 95.4 Å². The number of benzene rings is 2. The number of rotatable bonds is 13. The minimum atomic E-state index is -0.0493. The van der Waals surface area contributed by atoms with E-state index in [1.807, 2.05) is 72.5 Å². The van der Waals surface area contributed by atoms with E-state index < -0.39 is 0 Å². The fourth-order valence-corrected chi connectivity index (χ4v) is 3.98. The largest absolute Gasteiger partial charge is 0.464 e. The van der Waals surface area contributed by atoms with Crippen molar-refractivity contribution < 1.29 is 14.0 Å². The number of hydrogen-bond donors (Lipinski definition) is 0. The third-order valence-electron chi connectivity index (χ3n) is 6.13. The first-order chi connectivity index (χ1) is 16.9. The highest BCUT2D eigenvalue weighted by molar-refractivity contribution is 5.85. The van der Waals surface area contributed by atoms with Crippen LogP contribution in [0.1, 0.15) is 49.3 Å². The first kappa shape index (κ1) is 26.3. The zero-order valence-electron chi connectivity index (χ0n) is 21.3. The Bertz CT molecular complexity index is 1040. The minimum absolute atomic E-state index is 0.0275. The average Bonchev–Trinajstić information content (AvgIpc) is 3.28. The highest BCUT2D eigenvalue weighted by atomic mass is 16.3. The van der Waals surface area contributed by atoms with Crippen LogP contribution < -0.4 is 0 Å². The molecule has 1 aromatic heterocycles.